The van der Waals surface area contributed by atoms with Crippen LogP contribution in [0.3, 0.4) is 0 Å². The van der Waals surface area contributed by atoms with Crippen molar-refractivity contribution in [2.24, 2.45) is 0 Å². The highest BCUT2D eigenvalue weighted by atomic mass is 32.2. The monoisotopic (exact) mass is 440 g/mol. The molecule has 0 fully saturated rings. The SMILES string of the molecule is Sc1sc(Sc2ccccc2)c(Sc2ccccc2)c1Sc1ccccc1. The Labute approximate surface area is 182 Å². The van der Waals surface area contributed by atoms with Crippen LogP contribution in [0.4, 0.5) is 0 Å². The average molecular weight is 441 g/mol. The number of rotatable bonds is 6. The molecule has 0 aliphatic heterocycles. The minimum absolute atomic E-state index is 1.07. The van der Waals surface area contributed by atoms with Crippen molar-refractivity contribution in [1.82, 2.24) is 0 Å². The van der Waals surface area contributed by atoms with E-state index in [9.17, 15) is 0 Å². The number of thiophene rings is 1. The maximum atomic E-state index is 4.82. The van der Waals surface area contributed by atoms with Crippen LogP contribution >= 0.6 is 59.3 Å². The van der Waals surface area contributed by atoms with E-state index in [0.717, 1.165) is 4.21 Å². The number of thiol groups is 1. The Bertz CT molecular complexity index is 995. The van der Waals surface area contributed by atoms with Gasteiger partial charge in [0.2, 0.25) is 0 Å². The van der Waals surface area contributed by atoms with Crippen molar-refractivity contribution in [1.29, 1.82) is 0 Å². The summed E-state index contributed by atoms with van der Waals surface area (Å²) in [5.74, 6) is 0. The molecule has 0 atom stereocenters. The third-order valence-electron chi connectivity index (χ3n) is 3.66. The lowest BCUT2D eigenvalue weighted by Crippen LogP contribution is -1.79. The first-order valence-electron chi connectivity index (χ1n) is 8.34. The molecule has 3 aromatic carbocycles. The zero-order valence-corrected chi connectivity index (χ0v) is 18.4. The largest absolute Gasteiger partial charge is 0.132 e. The van der Waals surface area contributed by atoms with Crippen molar-refractivity contribution in [2.45, 2.75) is 32.9 Å². The van der Waals surface area contributed by atoms with Crippen LogP contribution in [0.1, 0.15) is 0 Å². The molecule has 27 heavy (non-hydrogen) atoms. The molecule has 0 aliphatic rings. The molecule has 0 saturated carbocycles. The fourth-order valence-corrected chi connectivity index (χ4v) is 7.99. The van der Waals surface area contributed by atoms with E-state index in [1.54, 1.807) is 23.1 Å². The lowest BCUT2D eigenvalue weighted by atomic mass is 10.4. The van der Waals surface area contributed by atoms with Crippen LogP contribution in [-0.4, -0.2) is 0 Å². The highest BCUT2D eigenvalue weighted by molar-refractivity contribution is 8.05. The van der Waals surface area contributed by atoms with Gasteiger partial charge in [0, 0.05) is 14.7 Å². The number of hydrogen-bond acceptors (Lipinski definition) is 5. The van der Waals surface area contributed by atoms with Crippen molar-refractivity contribution < 1.29 is 0 Å². The molecule has 1 aromatic heterocycles. The van der Waals surface area contributed by atoms with E-state index < -0.39 is 0 Å². The summed E-state index contributed by atoms with van der Waals surface area (Å²) in [6.07, 6.45) is 0. The summed E-state index contributed by atoms with van der Waals surface area (Å²) < 4.78 is 2.36. The van der Waals surface area contributed by atoms with Crippen molar-refractivity contribution in [3.05, 3.63) is 91.0 Å². The highest BCUT2D eigenvalue weighted by Gasteiger charge is 2.20. The Morgan fingerprint density at radius 1 is 0.519 bits per heavy atom. The molecule has 1 heterocycles. The van der Waals surface area contributed by atoms with Crippen LogP contribution in [0, 0.1) is 0 Å². The molecule has 4 rings (SSSR count). The molecule has 134 valence electrons. The van der Waals surface area contributed by atoms with Crippen LogP contribution in [0.25, 0.3) is 0 Å². The molecule has 0 bridgehead atoms. The van der Waals surface area contributed by atoms with Gasteiger partial charge in [-0.2, -0.15) is 0 Å². The van der Waals surface area contributed by atoms with Gasteiger partial charge in [-0.15, -0.1) is 24.0 Å². The van der Waals surface area contributed by atoms with E-state index in [0.29, 0.717) is 0 Å². The zero-order chi connectivity index (χ0) is 18.5. The van der Waals surface area contributed by atoms with Gasteiger partial charge >= 0.3 is 0 Å². The molecule has 0 amide bonds. The summed E-state index contributed by atoms with van der Waals surface area (Å²) >= 11 is 12.0. The summed E-state index contributed by atoms with van der Waals surface area (Å²) in [7, 11) is 0. The average Bonchev–Trinajstić information content (AvgIpc) is 2.99. The van der Waals surface area contributed by atoms with Crippen molar-refractivity contribution >= 4 is 59.3 Å². The second kappa shape index (κ2) is 9.30. The lowest BCUT2D eigenvalue weighted by molar-refractivity contribution is 1.16. The van der Waals surface area contributed by atoms with Crippen molar-refractivity contribution in [2.75, 3.05) is 0 Å². The van der Waals surface area contributed by atoms with Gasteiger partial charge in [-0.25, -0.2) is 0 Å². The zero-order valence-electron chi connectivity index (χ0n) is 14.2. The van der Waals surface area contributed by atoms with Gasteiger partial charge in [0.05, 0.1) is 18.2 Å². The first kappa shape index (κ1) is 19.1. The van der Waals surface area contributed by atoms with E-state index in [1.165, 1.54) is 28.7 Å². The van der Waals surface area contributed by atoms with Gasteiger partial charge in [-0.1, -0.05) is 89.9 Å². The second-order valence-electron chi connectivity index (χ2n) is 5.60. The molecule has 0 radical (unpaired) electrons. The summed E-state index contributed by atoms with van der Waals surface area (Å²) in [5.41, 5.74) is 0. The summed E-state index contributed by atoms with van der Waals surface area (Å²) in [6, 6.07) is 31.6. The smallest absolute Gasteiger partial charge is 0.0809 e. The molecule has 0 saturated heterocycles. The maximum absolute atomic E-state index is 4.82. The molecular weight excluding hydrogens is 425 g/mol. The molecule has 0 spiro atoms. The van der Waals surface area contributed by atoms with Crippen LogP contribution in [0.15, 0.2) is 124 Å². The summed E-state index contributed by atoms with van der Waals surface area (Å²) in [5, 5.41) is 0. The van der Waals surface area contributed by atoms with Crippen LogP contribution in [0.5, 0.6) is 0 Å². The van der Waals surface area contributed by atoms with Gasteiger partial charge in [0.1, 0.15) is 0 Å². The quantitative estimate of drug-likeness (QED) is 0.299. The number of benzene rings is 3. The van der Waals surface area contributed by atoms with Crippen LogP contribution in [0.2, 0.25) is 0 Å². The Balaban J connectivity index is 1.72. The normalized spacial score (nSPS) is 10.9. The fraction of sp³-hybridized carbons (Fsp3) is 0. The van der Waals surface area contributed by atoms with Crippen LogP contribution < -0.4 is 0 Å². The van der Waals surface area contributed by atoms with E-state index in [2.05, 4.69) is 91.0 Å². The Kier molecular flexibility index (Phi) is 6.58. The van der Waals surface area contributed by atoms with Crippen molar-refractivity contribution in [3.63, 3.8) is 0 Å². The summed E-state index contributed by atoms with van der Waals surface area (Å²) in [4.78, 5) is 6.25. The summed E-state index contributed by atoms with van der Waals surface area (Å²) in [6.45, 7) is 0. The first-order valence-corrected chi connectivity index (χ1v) is 12.1. The topological polar surface area (TPSA) is 0 Å². The van der Waals surface area contributed by atoms with Gasteiger partial charge in [0.15, 0.2) is 0 Å². The maximum Gasteiger partial charge on any atom is 0.0809 e. The predicted octanol–water partition coefficient (Wildman–Crippen LogP) is 8.49. The minimum Gasteiger partial charge on any atom is -0.132 e. The first-order chi connectivity index (χ1) is 13.3. The van der Waals surface area contributed by atoms with Gasteiger partial charge in [0.25, 0.3) is 0 Å². The van der Waals surface area contributed by atoms with Gasteiger partial charge in [-0.05, 0) is 36.4 Å². The molecule has 0 aliphatic carbocycles. The van der Waals surface area contributed by atoms with E-state index in [-0.39, 0.29) is 0 Å². The van der Waals surface area contributed by atoms with Crippen LogP contribution in [-0.2, 0) is 0 Å². The molecule has 0 unspecified atom stereocenters. The molecule has 0 nitrogen and oxygen atoms in total. The molecule has 4 aromatic rings. The molecular formula is C22H16S5. The third kappa shape index (κ3) is 4.98. The Morgan fingerprint density at radius 3 is 1.41 bits per heavy atom. The highest BCUT2D eigenvalue weighted by Crippen LogP contribution is 2.52. The number of hydrogen-bond donors (Lipinski definition) is 1. The predicted molar refractivity (Wildman–Crippen MR) is 123 cm³/mol. The molecule has 5 heteroatoms. The van der Waals surface area contributed by atoms with E-state index in [4.69, 9.17) is 12.6 Å². The minimum atomic E-state index is 1.07. The molecule has 0 N–H and O–H groups in total. The second-order valence-corrected chi connectivity index (χ2v) is 10.9. The van der Waals surface area contributed by atoms with Gasteiger partial charge in [-0.3, -0.25) is 0 Å². The third-order valence-corrected chi connectivity index (χ3v) is 9.25. The Hall–Kier alpha value is -1.24. The standard InChI is InChI=1S/C22H16S5/c23-21-19(24-16-10-4-1-5-11-16)20(25-17-12-6-2-7-13-17)22(27-21)26-18-14-8-3-9-15-18/h1-15,23H. The van der Waals surface area contributed by atoms with Crippen molar-refractivity contribution in [3.8, 4) is 0 Å². The lowest BCUT2D eigenvalue weighted by Gasteiger charge is -2.08. The van der Waals surface area contributed by atoms with E-state index >= 15 is 0 Å². The Morgan fingerprint density at radius 2 is 0.926 bits per heavy atom. The van der Waals surface area contributed by atoms with Gasteiger partial charge < -0.3 is 0 Å². The van der Waals surface area contributed by atoms with E-state index in [1.807, 2.05) is 23.5 Å². The fourth-order valence-electron chi connectivity index (χ4n) is 2.42.